The molecule has 0 saturated carbocycles. The second-order valence-corrected chi connectivity index (χ2v) is 5.15. The molecular weight excluding hydrogens is 258 g/mol. The Kier molecular flexibility index (Phi) is 4.83. The van der Waals surface area contributed by atoms with Gasteiger partial charge in [0.2, 0.25) is 6.43 Å². The van der Waals surface area contributed by atoms with Crippen molar-refractivity contribution in [2.45, 2.75) is 32.6 Å². The fourth-order valence-electron chi connectivity index (χ4n) is 2.34. The van der Waals surface area contributed by atoms with Crippen LogP contribution in [0.5, 0.6) is 0 Å². The summed E-state index contributed by atoms with van der Waals surface area (Å²) in [6, 6.07) is 13.5. The molecule has 0 N–H and O–H groups in total. The molecule has 0 heterocycles. The molecule has 106 valence electrons. The van der Waals surface area contributed by atoms with Crippen molar-refractivity contribution < 1.29 is 13.6 Å². The summed E-state index contributed by atoms with van der Waals surface area (Å²) >= 11 is 0. The van der Waals surface area contributed by atoms with E-state index in [9.17, 15) is 13.6 Å². The van der Waals surface area contributed by atoms with Crippen LogP contribution in [0.4, 0.5) is 8.78 Å². The minimum absolute atomic E-state index is 0.0324. The van der Waals surface area contributed by atoms with Crippen LogP contribution in [-0.2, 0) is 0 Å². The largest absolute Gasteiger partial charge is 0.294 e. The second kappa shape index (κ2) is 6.60. The molecule has 0 amide bonds. The highest BCUT2D eigenvalue weighted by Crippen LogP contribution is 2.20. The van der Waals surface area contributed by atoms with Gasteiger partial charge in [0, 0.05) is 17.9 Å². The van der Waals surface area contributed by atoms with Crippen molar-refractivity contribution in [3.05, 3.63) is 48.0 Å². The molecular formula is C17H18F2O. The van der Waals surface area contributed by atoms with Crippen LogP contribution in [0.2, 0.25) is 0 Å². The van der Waals surface area contributed by atoms with E-state index in [4.69, 9.17) is 0 Å². The number of fused-ring (bicyclic) bond motifs is 1. The van der Waals surface area contributed by atoms with Gasteiger partial charge in [-0.3, -0.25) is 4.79 Å². The lowest BCUT2D eigenvalue weighted by atomic mass is 9.93. The molecule has 1 unspecified atom stereocenters. The lowest BCUT2D eigenvalue weighted by Crippen LogP contribution is -2.11. The van der Waals surface area contributed by atoms with Crippen molar-refractivity contribution in [2.75, 3.05) is 0 Å². The number of rotatable bonds is 6. The van der Waals surface area contributed by atoms with Gasteiger partial charge in [0.25, 0.3) is 0 Å². The Labute approximate surface area is 117 Å². The quantitative estimate of drug-likeness (QED) is 0.671. The van der Waals surface area contributed by atoms with E-state index in [0.29, 0.717) is 18.4 Å². The Hall–Kier alpha value is -1.77. The highest BCUT2D eigenvalue weighted by molar-refractivity contribution is 6.01. The van der Waals surface area contributed by atoms with E-state index in [1.54, 1.807) is 0 Å². The zero-order valence-electron chi connectivity index (χ0n) is 11.5. The molecule has 20 heavy (non-hydrogen) atoms. The van der Waals surface area contributed by atoms with Crippen LogP contribution in [0.1, 0.15) is 36.5 Å². The van der Waals surface area contributed by atoms with Crippen LogP contribution in [-0.4, -0.2) is 12.2 Å². The number of hydrogen-bond acceptors (Lipinski definition) is 1. The van der Waals surface area contributed by atoms with Gasteiger partial charge >= 0.3 is 0 Å². The van der Waals surface area contributed by atoms with Crippen LogP contribution >= 0.6 is 0 Å². The molecule has 2 aromatic carbocycles. The summed E-state index contributed by atoms with van der Waals surface area (Å²) in [4.78, 5) is 12.3. The molecule has 3 heteroatoms. The lowest BCUT2D eigenvalue weighted by Gasteiger charge is -2.11. The first-order chi connectivity index (χ1) is 9.58. The Bertz CT molecular complexity index is 592. The number of benzene rings is 2. The SMILES string of the molecule is CC(CCCC(F)F)C(=O)c1ccc2ccccc2c1. The third kappa shape index (κ3) is 3.62. The van der Waals surface area contributed by atoms with Gasteiger partial charge in [-0.15, -0.1) is 0 Å². The van der Waals surface area contributed by atoms with E-state index < -0.39 is 6.43 Å². The predicted molar refractivity (Wildman–Crippen MR) is 77.3 cm³/mol. The molecule has 1 nitrogen and oxygen atoms in total. The van der Waals surface area contributed by atoms with Gasteiger partial charge in [-0.2, -0.15) is 0 Å². The Morgan fingerprint density at radius 3 is 2.45 bits per heavy atom. The minimum Gasteiger partial charge on any atom is -0.294 e. The summed E-state index contributed by atoms with van der Waals surface area (Å²) in [5.74, 6) is -0.181. The van der Waals surface area contributed by atoms with E-state index in [0.717, 1.165) is 10.8 Å². The van der Waals surface area contributed by atoms with Crippen LogP contribution in [0.15, 0.2) is 42.5 Å². The number of Topliss-reactive ketones (excluding diaryl/α,β-unsaturated/α-hetero) is 1. The number of alkyl halides is 2. The molecule has 0 aromatic heterocycles. The first-order valence-corrected chi connectivity index (χ1v) is 6.89. The first kappa shape index (κ1) is 14.6. The summed E-state index contributed by atoms with van der Waals surface area (Å²) in [6.45, 7) is 1.81. The van der Waals surface area contributed by atoms with Gasteiger partial charge < -0.3 is 0 Å². The third-order valence-electron chi connectivity index (χ3n) is 3.54. The topological polar surface area (TPSA) is 17.1 Å². The van der Waals surface area contributed by atoms with Gasteiger partial charge in [-0.05, 0) is 29.7 Å². The second-order valence-electron chi connectivity index (χ2n) is 5.15. The molecule has 0 aliphatic heterocycles. The standard InChI is InChI=1S/C17H18F2O/c1-12(5-4-8-16(18)19)17(20)15-10-9-13-6-2-3-7-14(13)11-15/h2-3,6-7,9-12,16H,4-5,8H2,1H3. The molecule has 2 aromatic rings. The summed E-state index contributed by atoms with van der Waals surface area (Å²) in [7, 11) is 0. The van der Waals surface area contributed by atoms with E-state index >= 15 is 0 Å². The molecule has 0 saturated heterocycles. The van der Waals surface area contributed by atoms with E-state index in [1.165, 1.54) is 0 Å². The lowest BCUT2D eigenvalue weighted by molar-refractivity contribution is 0.0908. The predicted octanol–water partition coefficient (Wildman–Crippen LogP) is 5.09. The van der Waals surface area contributed by atoms with Crippen LogP contribution in [0, 0.1) is 5.92 Å². The maximum atomic E-state index is 12.3. The molecule has 0 bridgehead atoms. The van der Waals surface area contributed by atoms with E-state index in [-0.39, 0.29) is 18.1 Å². The van der Waals surface area contributed by atoms with Crippen molar-refractivity contribution in [2.24, 2.45) is 5.92 Å². The summed E-state index contributed by atoms with van der Waals surface area (Å²) < 4.78 is 24.2. The third-order valence-corrected chi connectivity index (χ3v) is 3.54. The molecule has 0 fully saturated rings. The van der Waals surface area contributed by atoms with E-state index in [2.05, 4.69) is 0 Å². The van der Waals surface area contributed by atoms with Gasteiger partial charge in [-0.25, -0.2) is 8.78 Å². The van der Waals surface area contributed by atoms with Crippen LogP contribution in [0.25, 0.3) is 10.8 Å². The van der Waals surface area contributed by atoms with Crippen LogP contribution < -0.4 is 0 Å². The summed E-state index contributed by atoms with van der Waals surface area (Å²) in [5.41, 5.74) is 0.660. The Morgan fingerprint density at radius 2 is 1.75 bits per heavy atom. The average Bonchev–Trinajstić information content (AvgIpc) is 2.45. The normalized spacial score (nSPS) is 12.8. The monoisotopic (exact) mass is 276 g/mol. The minimum atomic E-state index is -2.28. The number of halogens is 2. The van der Waals surface area contributed by atoms with Crippen molar-refractivity contribution in [1.29, 1.82) is 0 Å². The van der Waals surface area contributed by atoms with Gasteiger partial charge in [0.15, 0.2) is 5.78 Å². The highest BCUT2D eigenvalue weighted by atomic mass is 19.3. The number of ketones is 1. The Morgan fingerprint density at radius 1 is 1.05 bits per heavy atom. The van der Waals surface area contributed by atoms with Crippen LogP contribution in [0.3, 0.4) is 0 Å². The van der Waals surface area contributed by atoms with E-state index in [1.807, 2.05) is 49.4 Å². The molecule has 0 aliphatic carbocycles. The molecule has 2 rings (SSSR count). The smallest absolute Gasteiger partial charge is 0.238 e. The van der Waals surface area contributed by atoms with Crippen molar-refractivity contribution in [1.82, 2.24) is 0 Å². The number of hydrogen-bond donors (Lipinski definition) is 0. The van der Waals surface area contributed by atoms with Crippen molar-refractivity contribution in [3.63, 3.8) is 0 Å². The summed E-state index contributed by atoms with van der Waals surface area (Å²) in [5, 5.41) is 2.12. The Balaban J connectivity index is 2.06. The molecule has 0 spiro atoms. The van der Waals surface area contributed by atoms with Crippen molar-refractivity contribution >= 4 is 16.6 Å². The number of carbonyl (C=O) groups excluding carboxylic acids is 1. The average molecular weight is 276 g/mol. The molecule has 0 aliphatic rings. The zero-order valence-corrected chi connectivity index (χ0v) is 11.5. The maximum absolute atomic E-state index is 12.3. The fourth-order valence-corrected chi connectivity index (χ4v) is 2.34. The maximum Gasteiger partial charge on any atom is 0.238 e. The van der Waals surface area contributed by atoms with Gasteiger partial charge in [0.1, 0.15) is 0 Å². The van der Waals surface area contributed by atoms with Gasteiger partial charge in [-0.1, -0.05) is 43.3 Å². The molecule has 1 atom stereocenters. The number of carbonyl (C=O) groups is 1. The fraction of sp³-hybridized carbons (Fsp3) is 0.353. The highest BCUT2D eigenvalue weighted by Gasteiger charge is 2.16. The summed E-state index contributed by atoms with van der Waals surface area (Å²) in [6.07, 6.45) is -1.51. The van der Waals surface area contributed by atoms with Crippen molar-refractivity contribution in [3.8, 4) is 0 Å². The molecule has 0 radical (unpaired) electrons. The first-order valence-electron chi connectivity index (χ1n) is 6.89. The zero-order chi connectivity index (χ0) is 14.5. The van der Waals surface area contributed by atoms with Gasteiger partial charge in [0.05, 0.1) is 0 Å².